The highest BCUT2D eigenvalue weighted by Gasteiger charge is 2.10. The van der Waals surface area contributed by atoms with Gasteiger partial charge in [-0.15, -0.1) is 11.3 Å². The highest BCUT2D eigenvalue weighted by atomic mass is 79.9. The number of nitrogens with zero attached hydrogens (tertiary/aromatic N) is 1. The van der Waals surface area contributed by atoms with Crippen molar-refractivity contribution < 1.29 is 14.3 Å². The Hall–Kier alpha value is -1.14. The number of carbonyl (C=O) groups excluding carboxylic acids is 1. The monoisotopic (exact) mass is 329 g/mol. The fraction of sp³-hybridized carbons (Fsp3) is 0.333. The lowest BCUT2D eigenvalue weighted by Crippen LogP contribution is -2.14. The van der Waals surface area contributed by atoms with Gasteiger partial charge in [0.05, 0.1) is 26.3 Å². The van der Waals surface area contributed by atoms with E-state index in [-0.39, 0.29) is 12.6 Å². The molecule has 96 valence electrons. The normalized spacial score (nSPS) is 10.6. The molecule has 0 radical (unpaired) electrons. The topological polar surface area (TPSA) is 48.4 Å². The Morgan fingerprint density at radius 3 is 3.00 bits per heavy atom. The third-order valence-corrected chi connectivity index (χ3v) is 3.75. The highest BCUT2D eigenvalue weighted by Crippen LogP contribution is 2.33. The second kappa shape index (κ2) is 5.67. The van der Waals surface area contributed by atoms with E-state index in [0.717, 1.165) is 19.7 Å². The van der Waals surface area contributed by atoms with E-state index >= 15 is 0 Å². The van der Waals surface area contributed by atoms with Crippen molar-refractivity contribution in [3.63, 3.8) is 0 Å². The number of ether oxygens (including phenoxy) is 2. The predicted molar refractivity (Wildman–Crippen MR) is 74.2 cm³/mol. The first-order valence-electron chi connectivity index (χ1n) is 5.45. The number of carbonyl (C=O) groups is 1. The summed E-state index contributed by atoms with van der Waals surface area (Å²) < 4.78 is 12.1. The molecule has 0 unspecified atom stereocenters. The molecule has 0 aliphatic rings. The lowest BCUT2D eigenvalue weighted by atomic mass is 10.3. The Bertz CT molecular complexity index is 582. The van der Waals surface area contributed by atoms with Crippen molar-refractivity contribution in [1.29, 1.82) is 0 Å². The van der Waals surface area contributed by atoms with Crippen molar-refractivity contribution in [2.24, 2.45) is 0 Å². The van der Waals surface area contributed by atoms with Gasteiger partial charge in [0.15, 0.2) is 6.61 Å². The Kier molecular flexibility index (Phi) is 4.19. The number of hydrogen-bond acceptors (Lipinski definition) is 5. The third kappa shape index (κ3) is 3.00. The Morgan fingerprint density at radius 1 is 1.50 bits per heavy atom. The number of esters is 1. The molecule has 4 nitrogen and oxygen atoms in total. The van der Waals surface area contributed by atoms with Crippen LogP contribution in [0.5, 0.6) is 5.75 Å². The second-order valence-electron chi connectivity index (χ2n) is 3.58. The van der Waals surface area contributed by atoms with Gasteiger partial charge in [-0.05, 0) is 35.8 Å². The molecule has 6 heteroatoms. The van der Waals surface area contributed by atoms with Gasteiger partial charge in [0.1, 0.15) is 5.75 Å². The molecule has 0 atom stereocenters. The van der Waals surface area contributed by atoms with Gasteiger partial charge >= 0.3 is 5.97 Å². The molecule has 1 aromatic heterocycles. The Labute approximate surface area is 117 Å². The summed E-state index contributed by atoms with van der Waals surface area (Å²) in [6.45, 7) is 3.98. The fourth-order valence-corrected chi connectivity index (χ4v) is 2.95. The summed E-state index contributed by atoms with van der Waals surface area (Å²) in [5.41, 5.74) is 0.875. The van der Waals surface area contributed by atoms with Crippen molar-refractivity contribution in [2.75, 3.05) is 13.2 Å². The lowest BCUT2D eigenvalue weighted by Gasteiger charge is -2.07. The van der Waals surface area contributed by atoms with Gasteiger partial charge in [-0.25, -0.2) is 9.78 Å². The zero-order valence-corrected chi connectivity index (χ0v) is 12.4. The standard InChI is InChI=1S/C12H12BrNO3S/c1-3-16-12(15)6-17-10-5-9-11(4-8(10)13)18-7(2)14-9/h4-5H,3,6H2,1-2H3. The molecule has 0 saturated carbocycles. The van der Waals surface area contributed by atoms with Gasteiger partial charge < -0.3 is 9.47 Å². The largest absolute Gasteiger partial charge is 0.481 e. The van der Waals surface area contributed by atoms with Gasteiger partial charge in [-0.1, -0.05) is 0 Å². The summed E-state index contributed by atoms with van der Waals surface area (Å²) in [5.74, 6) is 0.222. The van der Waals surface area contributed by atoms with Crippen molar-refractivity contribution in [3.05, 3.63) is 21.6 Å². The van der Waals surface area contributed by atoms with Gasteiger partial charge in [-0.2, -0.15) is 0 Å². The molecule has 1 aromatic carbocycles. The summed E-state index contributed by atoms with van der Waals surface area (Å²) in [6, 6.07) is 3.77. The summed E-state index contributed by atoms with van der Waals surface area (Å²) in [6.07, 6.45) is 0. The van der Waals surface area contributed by atoms with Crippen LogP contribution in [-0.4, -0.2) is 24.2 Å². The van der Waals surface area contributed by atoms with Crippen LogP contribution in [0.2, 0.25) is 0 Å². The van der Waals surface area contributed by atoms with Crippen LogP contribution in [0.3, 0.4) is 0 Å². The van der Waals surface area contributed by atoms with E-state index in [2.05, 4.69) is 20.9 Å². The molecule has 0 saturated heterocycles. The minimum absolute atomic E-state index is 0.0962. The smallest absolute Gasteiger partial charge is 0.344 e. The zero-order chi connectivity index (χ0) is 13.1. The minimum Gasteiger partial charge on any atom is -0.481 e. The number of thiazole rings is 1. The lowest BCUT2D eigenvalue weighted by molar-refractivity contribution is -0.145. The predicted octanol–water partition coefficient (Wildman–Crippen LogP) is 3.31. The van der Waals surface area contributed by atoms with Crippen LogP contribution in [-0.2, 0) is 9.53 Å². The van der Waals surface area contributed by atoms with Crippen LogP contribution >= 0.6 is 27.3 Å². The van der Waals surface area contributed by atoms with Gasteiger partial charge in [0.2, 0.25) is 0 Å². The maximum absolute atomic E-state index is 11.2. The molecular formula is C12H12BrNO3S. The molecule has 0 fully saturated rings. The number of aromatic nitrogens is 1. The molecule has 2 aromatic rings. The minimum atomic E-state index is -0.376. The van der Waals surface area contributed by atoms with Crippen molar-refractivity contribution in [1.82, 2.24) is 4.98 Å². The van der Waals surface area contributed by atoms with E-state index in [4.69, 9.17) is 9.47 Å². The molecule has 2 rings (SSSR count). The molecule has 0 N–H and O–H groups in total. The van der Waals surface area contributed by atoms with Gasteiger partial charge in [0, 0.05) is 6.07 Å². The van der Waals surface area contributed by atoms with Crippen LogP contribution in [0, 0.1) is 6.92 Å². The third-order valence-electron chi connectivity index (χ3n) is 2.20. The van der Waals surface area contributed by atoms with Crippen LogP contribution in [0.4, 0.5) is 0 Å². The van der Waals surface area contributed by atoms with Crippen LogP contribution in [0.15, 0.2) is 16.6 Å². The first kappa shape index (κ1) is 13.3. The number of hydrogen-bond donors (Lipinski definition) is 0. The summed E-state index contributed by atoms with van der Waals surface area (Å²) in [5, 5.41) is 0.999. The maximum atomic E-state index is 11.2. The summed E-state index contributed by atoms with van der Waals surface area (Å²) >= 11 is 5.04. The summed E-state index contributed by atoms with van der Waals surface area (Å²) in [7, 11) is 0. The average Bonchev–Trinajstić information content (AvgIpc) is 2.65. The van der Waals surface area contributed by atoms with Crippen LogP contribution < -0.4 is 4.74 Å². The van der Waals surface area contributed by atoms with E-state index in [0.29, 0.717) is 12.4 Å². The zero-order valence-electron chi connectivity index (χ0n) is 10.0. The molecule has 1 heterocycles. The Balaban J connectivity index is 2.17. The van der Waals surface area contributed by atoms with Crippen molar-refractivity contribution in [2.45, 2.75) is 13.8 Å². The quantitative estimate of drug-likeness (QED) is 0.807. The van der Waals surface area contributed by atoms with E-state index in [1.165, 1.54) is 0 Å². The SMILES string of the molecule is CCOC(=O)COc1cc2nc(C)sc2cc1Br. The van der Waals surface area contributed by atoms with E-state index in [1.54, 1.807) is 18.3 Å². The number of fused-ring (bicyclic) bond motifs is 1. The van der Waals surface area contributed by atoms with E-state index in [1.807, 2.05) is 19.1 Å². The van der Waals surface area contributed by atoms with E-state index in [9.17, 15) is 4.79 Å². The molecule has 0 spiro atoms. The molecule has 0 bridgehead atoms. The molecule has 0 aliphatic heterocycles. The van der Waals surface area contributed by atoms with Crippen LogP contribution in [0.25, 0.3) is 10.2 Å². The molecule has 0 aliphatic carbocycles. The number of halogens is 1. The van der Waals surface area contributed by atoms with Crippen LogP contribution in [0.1, 0.15) is 11.9 Å². The molecule has 0 amide bonds. The van der Waals surface area contributed by atoms with Crippen molar-refractivity contribution in [3.8, 4) is 5.75 Å². The number of benzene rings is 1. The number of rotatable bonds is 4. The molecule has 18 heavy (non-hydrogen) atoms. The van der Waals surface area contributed by atoms with Gasteiger partial charge in [-0.3, -0.25) is 0 Å². The number of aryl methyl sites for hydroxylation is 1. The second-order valence-corrected chi connectivity index (χ2v) is 5.67. The van der Waals surface area contributed by atoms with E-state index < -0.39 is 0 Å². The maximum Gasteiger partial charge on any atom is 0.344 e. The Morgan fingerprint density at radius 2 is 2.28 bits per heavy atom. The van der Waals surface area contributed by atoms with Crippen molar-refractivity contribution >= 4 is 43.5 Å². The highest BCUT2D eigenvalue weighted by molar-refractivity contribution is 9.10. The average molecular weight is 330 g/mol. The first-order chi connectivity index (χ1) is 8.60. The molecular weight excluding hydrogens is 318 g/mol. The summed E-state index contributed by atoms with van der Waals surface area (Å²) in [4.78, 5) is 15.6. The fourth-order valence-electron chi connectivity index (χ4n) is 1.50. The van der Waals surface area contributed by atoms with Gasteiger partial charge in [0.25, 0.3) is 0 Å². The first-order valence-corrected chi connectivity index (χ1v) is 7.06.